The summed E-state index contributed by atoms with van der Waals surface area (Å²) in [4.78, 5) is 29.2. The van der Waals surface area contributed by atoms with E-state index in [0.717, 1.165) is 59.9 Å². The molecule has 0 spiro atoms. The Morgan fingerprint density at radius 3 is 2.46 bits per heavy atom. The molecule has 0 radical (unpaired) electrons. The van der Waals surface area contributed by atoms with Crippen molar-refractivity contribution in [1.29, 1.82) is 0 Å². The summed E-state index contributed by atoms with van der Waals surface area (Å²) in [7, 11) is -1.53. The smallest absolute Gasteiger partial charge is 0.404 e. The van der Waals surface area contributed by atoms with Crippen LogP contribution < -0.4 is 20.6 Å². The zero-order chi connectivity index (χ0) is 33.7. The molecule has 2 atom stereocenters. The Balaban J connectivity index is 1.31. The maximum absolute atomic E-state index is 14.5. The predicted octanol–water partition coefficient (Wildman–Crippen LogP) is 4.42. The molecule has 0 saturated heterocycles. The van der Waals surface area contributed by atoms with Crippen LogP contribution in [-0.4, -0.2) is 53.3 Å². The van der Waals surface area contributed by atoms with Gasteiger partial charge in [0.25, 0.3) is 5.91 Å². The number of halogens is 3. The monoisotopic (exact) mass is 682 g/mol. The van der Waals surface area contributed by atoms with Gasteiger partial charge in [-0.3, -0.25) is 19.1 Å². The molecule has 2 amide bonds. The zero-order valence-corrected chi connectivity index (χ0v) is 27.1. The second-order valence-electron chi connectivity index (χ2n) is 13.4. The molecule has 2 unspecified atom stereocenters. The average molecular weight is 683 g/mol. The first kappa shape index (κ1) is 30.8. The molecule has 2 fully saturated rings. The Labute approximate surface area is 273 Å². The maximum atomic E-state index is 14.5. The summed E-state index contributed by atoms with van der Waals surface area (Å²) in [6.07, 6.45) is 4.08. The fourth-order valence-corrected chi connectivity index (χ4v) is 8.97. The standard InChI is InChI=1S/C34H33F3N4O6S/c1-39-27-15-40(16-28(39)47-27)32(43)33-14-25(33)24-13-21(46-2)9-11-22(24)30-29(19-6-4-3-5-7-19)23-10-8-20(12-26(23)41(30)17-33)31(42)38-48(44,45)18-34(35,36)37/h8-13,15-16,19,25H,3-7,14,17-18H2,1-2H3,(H,38,42). The molecule has 14 heteroatoms. The number of aromatic nitrogens is 2. The van der Waals surface area contributed by atoms with E-state index in [9.17, 15) is 31.2 Å². The fraction of sp³-hybridized carbons (Fsp3) is 0.412. The van der Waals surface area contributed by atoms with Crippen LogP contribution >= 0.6 is 0 Å². The molecule has 3 aliphatic heterocycles. The Kier molecular flexibility index (Phi) is 6.76. The van der Waals surface area contributed by atoms with Gasteiger partial charge in [-0.05, 0) is 66.6 Å². The number of rotatable bonds is 6. The first-order valence-corrected chi connectivity index (χ1v) is 17.6. The highest BCUT2D eigenvalue weighted by Crippen LogP contribution is 2.66. The van der Waals surface area contributed by atoms with E-state index in [2.05, 4.69) is 4.57 Å². The summed E-state index contributed by atoms with van der Waals surface area (Å²) in [6.45, 7) is 0.281. The third-order valence-electron chi connectivity index (χ3n) is 10.4. The van der Waals surface area contributed by atoms with Crippen LogP contribution in [0.2, 0.25) is 0 Å². The lowest BCUT2D eigenvalue weighted by Gasteiger charge is -2.26. The number of carbonyl (C=O) groups is 2. The second kappa shape index (κ2) is 10.5. The second-order valence-corrected chi connectivity index (χ2v) is 15.1. The van der Waals surface area contributed by atoms with Crippen molar-refractivity contribution < 1.29 is 40.3 Å². The molecular formula is C34H33F3N4O6S. The van der Waals surface area contributed by atoms with Crippen LogP contribution in [0, 0.1) is 5.41 Å². The van der Waals surface area contributed by atoms with E-state index in [1.807, 2.05) is 29.8 Å². The summed E-state index contributed by atoms with van der Waals surface area (Å²) in [5, 5.41) is 0.869. The Morgan fingerprint density at radius 1 is 1.06 bits per heavy atom. The van der Waals surface area contributed by atoms with Crippen molar-refractivity contribution in [3.8, 4) is 17.0 Å². The highest BCUT2D eigenvalue weighted by atomic mass is 32.2. The summed E-state index contributed by atoms with van der Waals surface area (Å²) in [6, 6.07) is 10.7. The van der Waals surface area contributed by atoms with Crippen molar-refractivity contribution in [3.63, 3.8) is 0 Å². The molecule has 4 aromatic rings. The van der Waals surface area contributed by atoms with Crippen LogP contribution in [0.15, 0.2) is 40.8 Å². The Bertz CT molecular complexity index is 2230. The van der Waals surface area contributed by atoms with Crippen LogP contribution in [-0.2, 0) is 28.4 Å². The van der Waals surface area contributed by atoms with Gasteiger partial charge in [0.2, 0.25) is 27.0 Å². The minimum Gasteiger partial charge on any atom is -0.497 e. The van der Waals surface area contributed by atoms with Crippen molar-refractivity contribution in [2.24, 2.45) is 12.5 Å². The van der Waals surface area contributed by atoms with Gasteiger partial charge in [-0.1, -0.05) is 25.3 Å². The number of nitrogens with one attached hydrogen (secondary N) is 1. The van der Waals surface area contributed by atoms with E-state index in [-0.39, 0.29) is 29.9 Å². The number of carbonyl (C=O) groups excluding carboxylic acids is 2. The van der Waals surface area contributed by atoms with E-state index in [1.54, 1.807) is 35.2 Å². The van der Waals surface area contributed by atoms with Gasteiger partial charge in [-0.25, -0.2) is 13.1 Å². The van der Waals surface area contributed by atoms with E-state index < -0.39 is 33.3 Å². The normalized spacial score (nSPS) is 21.8. The van der Waals surface area contributed by atoms with Gasteiger partial charge in [0, 0.05) is 41.5 Å². The number of sulfonamides is 1. The van der Waals surface area contributed by atoms with Crippen LogP contribution in [0.3, 0.4) is 0 Å². The Morgan fingerprint density at radius 2 is 1.79 bits per heavy atom. The lowest BCUT2D eigenvalue weighted by molar-refractivity contribution is -0.131. The number of hydrogen-bond donors (Lipinski definition) is 1. The van der Waals surface area contributed by atoms with Crippen molar-refractivity contribution in [3.05, 3.63) is 64.2 Å². The molecule has 48 heavy (non-hydrogen) atoms. The fourth-order valence-electron chi connectivity index (χ4n) is 8.06. The van der Waals surface area contributed by atoms with Crippen molar-refractivity contribution in [1.82, 2.24) is 18.8 Å². The summed E-state index contributed by atoms with van der Waals surface area (Å²) in [5.74, 6) is -2.68. The van der Waals surface area contributed by atoms with E-state index in [4.69, 9.17) is 9.15 Å². The summed E-state index contributed by atoms with van der Waals surface area (Å²) >= 11 is 0. The molecule has 252 valence electrons. The van der Waals surface area contributed by atoms with Gasteiger partial charge in [-0.15, -0.1) is 0 Å². The zero-order valence-electron chi connectivity index (χ0n) is 26.3. The number of benzene rings is 2. The first-order chi connectivity index (χ1) is 22.8. The van der Waals surface area contributed by atoms with Crippen LogP contribution in [0.25, 0.3) is 34.6 Å². The number of fused-ring (bicyclic) bond motifs is 9. The van der Waals surface area contributed by atoms with Crippen molar-refractivity contribution >= 4 is 45.1 Å². The number of nitrogens with zero attached hydrogens (tertiary/aromatic N) is 3. The van der Waals surface area contributed by atoms with Crippen molar-refractivity contribution in [2.45, 2.75) is 63.1 Å². The van der Waals surface area contributed by atoms with Gasteiger partial charge in [-0.2, -0.15) is 13.2 Å². The number of alkyl halides is 3. The third-order valence-corrected chi connectivity index (χ3v) is 11.6. The number of hydrogen-bond acceptors (Lipinski definition) is 6. The largest absolute Gasteiger partial charge is 0.497 e. The number of ether oxygens (including phenoxy) is 1. The lowest BCUT2D eigenvalue weighted by Crippen LogP contribution is -2.48. The third kappa shape index (κ3) is 4.86. The molecule has 5 heterocycles. The van der Waals surface area contributed by atoms with E-state index >= 15 is 0 Å². The predicted molar refractivity (Wildman–Crippen MR) is 170 cm³/mol. The maximum Gasteiger partial charge on any atom is 0.404 e. The van der Waals surface area contributed by atoms with Crippen LogP contribution in [0.1, 0.15) is 71.8 Å². The highest BCUT2D eigenvalue weighted by Gasteiger charge is 2.64. The quantitative estimate of drug-likeness (QED) is 0.322. The number of methoxy groups -OCH3 is 1. The van der Waals surface area contributed by atoms with Gasteiger partial charge in [0.1, 0.15) is 5.75 Å². The molecule has 9 rings (SSSR count). The molecule has 1 N–H and O–H groups in total. The van der Waals surface area contributed by atoms with E-state index in [1.165, 1.54) is 12.1 Å². The average Bonchev–Trinajstić information content (AvgIpc) is 3.72. The van der Waals surface area contributed by atoms with Gasteiger partial charge >= 0.3 is 6.18 Å². The van der Waals surface area contributed by atoms with Crippen LogP contribution in [0.4, 0.5) is 13.2 Å². The summed E-state index contributed by atoms with van der Waals surface area (Å²) in [5.41, 5.74) is 4.80. The highest BCUT2D eigenvalue weighted by molar-refractivity contribution is 7.90. The molecule has 2 aromatic heterocycles. The molecule has 2 saturated carbocycles. The molecule has 5 aliphatic rings. The van der Waals surface area contributed by atoms with Gasteiger partial charge < -0.3 is 13.7 Å². The van der Waals surface area contributed by atoms with E-state index in [0.29, 0.717) is 28.8 Å². The first-order valence-electron chi connectivity index (χ1n) is 15.9. The number of amides is 2. The SMILES string of the molecule is COc1ccc2c(c1)C1CC1(C(=O)N1C=c3oc(n3C)=C1)Cn1c-2c(C2CCCCC2)c2ccc(C(=O)NS(=O)(=O)CC(F)(F)F)cc21. The van der Waals surface area contributed by atoms with Crippen LogP contribution in [0.5, 0.6) is 5.75 Å². The Hall–Kier alpha value is -4.46. The van der Waals surface area contributed by atoms with Crippen molar-refractivity contribution in [2.75, 3.05) is 12.9 Å². The molecule has 2 aromatic carbocycles. The molecule has 2 aliphatic carbocycles. The summed E-state index contributed by atoms with van der Waals surface area (Å²) < 4.78 is 79.9. The minimum atomic E-state index is -5.01. The lowest BCUT2D eigenvalue weighted by atomic mass is 9.81. The van der Waals surface area contributed by atoms with Gasteiger partial charge in [0.05, 0.1) is 30.6 Å². The minimum absolute atomic E-state index is 0.0959. The molecule has 10 nitrogen and oxygen atoms in total. The van der Waals surface area contributed by atoms with Gasteiger partial charge in [0.15, 0.2) is 5.75 Å². The molecular weight excluding hydrogens is 649 g/mol. The molecule has 2 bridgehead atoms. The topological polar surface area (TPSA) is 116 Å².